The minimum Gasteiger partial charge on any atom is -0.212 e. The summed E-state index contributed by atoms with van der Waals surface area (Å²) in [6.45, 7) is 1.23. The van der Waals surface area contributed by atoms with Gasteiger partial charge in [-0.05, 0) is 25.1 Å². The average Bonchev–Trinajstić information content (AvgIpc) is 2.20. The third-order valence-corrected chi connectivity index (χ3v) is 3.21. The standard InChI is InChI=1S/C9H11F2NO2S/c1-2-15(13,14)12-6-7-5-8(10)3-4-9(7)11/h3-5,12H,2,6H2,1H3. The van der Waals surface area contributed by atoms with Crippen LogP contribution < -0.4 is 4.72 Å². The van der Waals surface area contributed by atoms with Gasteiger partial charge >= 0.3 is 0 Å². The summed E-state index contributed by atoms with van der Waals surface area (Å²) < 4.78 is 50.0. The minimum absolute atomic E-state index is 0.00738. The molecule has 15 heavy (non-hydrogen) atoms. The quantitative estimate of drug-likeness (QED) is 0.857. The fourth-order valence-corrected chi connectivity index (χ4v) is 1.55. The van der Waals surface area contributed by atoms with Gasteiger partial charge in [0.05, 0.1) is 5.75 Å². The van der Waals surface area contributed by atoms with Crippen molar-refractivity contribution in [3.63, 3.8) is 0 Å². The lowest BCUT2D eigenvalue weighted by atomic mass is 10.2. The van der Waals surface area contributed by atoms with Gasteiger partial charge < -0.3 is 0 Å². The molecule has 0 aliphatic rings. The summed E-state index contributed by atoms with van der Waals surface area (Å²) in [5.41, 5.74) is -0.00738. The molecule has 1 aromatic rings. The predicted octanol–water partition coefficient (Wildman–Crippen LogP) is 1.40. The van der Waals surface area contributed by atoms with Crippen LogP contribution in [0.5, 0.6) is 0 Å². The van der Waals surface area contributed by atoms with Gasteiger partial charge in [-0.1, -0.05) is 0 Å². The van der Waals surface area contributed by atoms with E-state index in [1.807, 2.05) is 0 Å². The third-order valence-electron chi connectivity index (χ3n) is 1.87. The van der Waals surface area contributed by atoms with Crippen molar-refractivity contribution in [2.45, 2.75) is 13.5 Å². The maximum absolute atomic E-state index is 13.0. The second-order valence-corrected chi connectivity index (χ2v) is 5.06. The smallest absolute Gasteiger partial charge is 0.211 e. The molecule has 0 heterocycles. The van der Waals surface area contributed by atoms with Gasteiger partial charge in [-0.2, -0.15) is 0 Å². The molecule has 0 aliphatic heterocycles. The monoisotopic (exact) mass is 235 g/mol. The third kappa shape index (κ3) is 3.56. The molecular formula is C9H11F2NO2S. The Hall–Kier alpha value is -1.01. The predicted molar refractivity (Wildman–Crippen MR) is 52.7 cm³/mol. The number of benzene rings is 1. The lowest BCUT2D eigenvalue weighted by Gasteiger charge is -2.05. The van der Waals surface area contributed by atoms with Crippen LogP contribution in [0.15, 0.2) is 18.2 Å². The van der Waals surface area contributed by atoms with E-state index >= 15 is 0 Å². The first-order valence-electron chi connectivity index (χ1n) is 4.36. The second-order valence-electron chi connectivity index (χ2n) is 2.96. The fourth-order valence-electron chi connectivity index (χ4n) is 0.969. The summed E-state index contributed by atoms with van der Waals surface area (Å²) in [5, 5.41) is 0. The Balaban J connectivity index is 2.78. The molecule has 0 saturated heterocycles. The Labute approximate surface area is 87.2 Å². The number of hydrogen-bond donors (Lipinski definition) is 1. The molecule has 0 aromatic heterocycles. The fraction of sp³-hybridized carbons (Fsp3) is 0.333. The van der Waals surface area contributed by atoms with E-state index < -0.39 is 21.7 Å². The highest BCUT2D eigenvalue weighted by Crippen LogP contribution is 2.09. The Kier molecular flexibility index (Phi) is 3.76. The van der Waals surface area contributed by atoms with Crippen LogP contribution in [-0.2, 0) is 16.6 Å². The highest BCUT2D eigenvalue weighted by Gasteiger charge is 2.09. The van der Waals surface area contributed by atoms with Crippen LogP contribution in [0, 0.1) is 11.6 Å². The van der Waals surface area contributed by atoms with Crippen LogP contribution in [0.25, 0.3) is 0 Å². The molecule has 3 nitrogen and oxygen atoms in total. The van der Waals surface area contributed by atoms with E-state index in [0.29, 0.717) is 0 Å². The Morgan fingerprint density at radius 1 is 1.33 bits per heavy atom. The Bertz CT molecular complexity index is 445. The number of halogens is 2. The molecule has 0 spiro atoms. The normalized spacial score (nSPS) is 11.7. The number of sulfonamides is 1. The van der Waals surface area contributed by atoms with E-state index in [-0.39, 0.29) is 17.9 Å². The molecule has 6 heteroatoms. The lowest BCUT2D eigenvalue weighted by Crippen LogP contribution is -2.25. The summed E-state index contributed by atoms with van der Waals surface area (Å²) in [5.74, 6) is -1.32. The molecule has 0 atom stereocenters. The first-order valence-corrected chi connectivity index (χ1v) is 6.01. The molecule has 1 rings (SSSR count). The van der Waals surface area contributed by atoms with Crippen molar-refractivity contribution < 1.29 is 17.2 Å². The molecule has 0 bridgehead atoms. The summed E-state index contributed by atoms with van der Waals surface area (Å²) >= 11 is 0. The van der Waals surface area contributed by atoms with Crippen LogP contribution in [0.3, 0.4) is 0 Å². The molecule has 0 aliphatic carbocycles. The van der Waals surface area contributed by atoms with Crippen LogP contribution >= 0.6 is 0 Å². The maximum atomic E-state index is 13.0. The van der Waals surface area contributed by atoms with Gasteiger partial charge in [0.1, 0.15) is 11.6 Å². The summed E-state index contributed by atoms with van der Waals surface area (Å²) in [6.07, 6.45) is 0. The van der Waals surface area contributed by atoms with E-state index in [1.54, 1.807) is 0 Å². The minimum atomic E-state index is -3.39. The topological polar surface area (TPSA) is 46.2 Å². The molecule has 1 N–H and O–H groups in total. The van der Waals surface area contributed by atoms with Crippen molar-refractivity contribution in [3.05, 3.63) is 35.4 Å². The van der Waals surface area contributed by atoms with E-state index in [4.69, 9.17) is 0 Å². The van der Waals surface area contributed by atoms with E-state index in [1.165, 1.54) is 6.92 Å². The van der Waals surface area contributed by atoms with Crippen molar-refractivity contribution in [2.24, 2.45) is 0 Å². The van der Waals surface area contributed by atoms with Crippen molar-refractivity contribution in [1.29, 1.82) is 0 Å². The van der Waals surface area contributed by atoms with Crippen LogP contribution in [0.4, 0.5) is 8.78 Å². The largest absolute Gasteiger partial charge is 0.212 e. The van der Waals surface area contributed by atoms with Gasteiger partial charge in [0.15, 0.2) is 0 Å². The first kappa shape index (κ1) is 12.1. The SMILES string of the molecule is CCS(=O)(=O)NCc1cc(F)ccc1F. The van der Waals surface area contributed by atoms with Crippen molar-refractivity contribution >= 4 is 10.0 Å². The molecule has 1 aromatic carbocycles. The van der Waals surface area contributed by atoms with Crippen molar-refractivity contribution in [1.82, 2.24) is 4.72 Å². The number of hydrogen-bond acceptors (Lipinski definition) is 2. The summed E-state index contributed by atoms with van der Waals surface area (Å²) in [4.78, 5) is 0. The second kappa shape index (κ2) is 4.67. The molecule has 84 valence electrons. The van der Waals surface area contributed by atoms with Gasteiger partial charge in [-0.3, -0.25) is 0 Å². The average molecular weight is 235 g/mol. The zero-order chi connectivity index (χ0) is 11.5. The molecular weight excluding hydrogens is 224 g/mol. The maximum Gasteiger partial charge on any atom is 0.211 e. The van der Waals surface area contributed by atoms with E-state index in [0.717, 1.165) is 18.2 Å². The lowest BCUT2D eigenvalue weighted by molar-refractivity contribution is 0.567. The summed E-state index contributed by atoms with van der Waals surface area (Å²) in [7, 11) is -3.39. The Morgan fingerprint density at radius 3 is 2.60 bits per heavy atom. The van der Waals surface area contributed by atoms with Gasteiger partial charge in [-0.25, -0.2) is 21.9 Å². The zero-order valence-electron chi connectivity index (χ0n) is 8.13. The number of nitrogens with one attached hydrogen (secondary N) is 1. The van der Waals surface area contributed by atoms with Crippen LogP contribution in [0.2, 0.25) is 0 Å². The van der Waals surface area contributed by atoms with Gasteiger partial charge in [-0.15, -0.1) is 0 Å². The molecule has 0 amide bonds. The van der Waals surface area contributed by atoms with Crippen molar-refractivity contribution in [2.75, 3.05) is 5.75 Å². The molecule has 0 saturated carbocycles. The van der Waals surface area contributed by atoms with Gasteiger partial charge in [0, 0.05) is 12.1 Å². The van der Waals surface area contributed by atoms with Gasteiger partial charge in [0.25, 0.3) is 0 Å². The van der Waals surface area contributed by atoms with Crippen LogP contribution in [0.1, 0.15) is 12.5 Å². The van der Waals surface area contributed by atoms with Gasteiger partial charge in [0.2, 0.25) is 10.0 Å². The zero-order valence-corrected chi connectivity index (χ0v) is 8.94. The Morgan fingerprint density at radius 2 is 2.00 bits per heavy atom. The van der Waals surface area contributed by atoms with E-state index in [9.17, 15) is 17.2 Å². The molecule has 0 unspecified atom stereocenters. The van der Waals surface area contributed by atoms with E-state index in [2.05, 4.69) is 4.72 Å². The summed E-state index contributed by atoms with van der Waals surface area (Å²) in [6, 6.07) is 2.91. The first-order chi connectivity index (χ1) is 6.94. The van der Waals surface area contributed by atoms with Crippen molar-refractivity contribution in [3.8, 4) is 0 Å². The highest BCUT2D eigenvalue weighted by molar-refractivity contribution is 7.89. The molecule has 0 fully saturated rings. The van der Waals surface area contributed by atoms with Crippen LogP contribution in [-0.4, -0.2) is 14.2 Å². The number of rotatable bonds is 4. The molecule has 0 radical (unpaired) electrons. The highest BCUT2D eigenvalue weighted by atomic mass is 32.2.